The van der Waals surface area contributed by atoms with Crippen molar-refractivity contribution in [1.29, 1.82) is 0 Å². The maximum absolute atomic E-state index is 12.9. The summed E-state index contributed by atoms with van der Waals surface area (Å²) in [7, 11) is 0. The molecular weight excluding hydrogens is 393 g/mol. The topological polar surface area (TPSA) is 64.2 Å². The van der Waals surface area contributed by atoms with Gasteiger partial charge in [-0.1, -0.05) is 6.07 Å². The van der Waals surface area contributed by atoms with Gasteiger partial charge in [-0.15, -0.1) is 12.4 Å². The molecule has 1 amide bonds. The normalized spacial score (nSPS) is 16.6. The van der Waals surface area contributed by atoms with E-state index < -0.39 is 11.7 Å². The zero-order valence-electron chi connectivity index (χ0n) is 15.7. The Bertz CT molecular complexity index is 827. The van der Waals surface area contributed by atoms with Gasteiger partial charge in [-0.25, -0.2) is 4.68 Å². The van der Waals surface area contributed by atoms with E-state index >= 15 is 0 Å². The Kier molecular flexibility index (Phi) is 6.77. The van der Waals surface area contributed by atoms with Crippen molar-refractivity contribution in [2.75, 3.05) is 13.1 Å². The van der Waals surface area contributed by atoms with Crippen molar-refractivity contribution < 1.29 is 18.0 Å². The molecule has 1 atom stereocenters. The Labute approximate surface area is 168 Å². The molecule has 2 N–H and O–H groups in total. The summed E-state index contributed by atoms with van der Waals surface area (Å²) >= 11 is 0. The minimum absolute atomic E-state index is 0. The molecule has 1 unspecified atom stereocenters. The number of amides is 1. The number of carbonyl (C=O) groups excluding carboxylic acids is 1. The molecule has 1 aromatic heterocycles. The predicted molar refractivity (Wildman–Crippen MR) is 103 cm³/mol. The third-order valence-electron chi connectivity index (χ3n) is 5.23. The Morgan fingerprint density at radius 2 is 1.93 bits per heavy atom. The van der Waals surface area contributed by atoms with Gasteiger partial charge in [0.05, 0.1) is 28.7 Å². The van der Waals surface area contributed by atoms with Crippen LogP contribution in [0.4, 0.5) is 13.2 Å². The Hall–Kier alpha value is -2.06. The van der Waals surface area contributed by atoms with Crippen LogP contribution in [0.3, 0.4) is 0 Å². The van der Waals surface area contributed by atoms with Crippen LogP contribution in [0.15, 0.2) is 30.5 Å². The summed E-state index contributed by atoms with van der Waals surface area (Å²) in [5.41, 5.74) is 6.39. The van der Waals surface area contributed by atoms with Gasteiger partial charge in [0, 0.05) is 19.1 Å². The lowest BCUT2D eigenvalue weighted by atomic mass is 9.91. The summed E-state index contributed by atoms with van der Waals surface area (Å²) in [6.45, 7) is 4.92. The highest BCUT2D eigenvalue weighted by atomic mass is 35.5. The lowest BCUT2D eigenvalue weighted by Gasteiger charge is -2.33. The molecule has 28 heavy (non-hydrogen) atoms. The third kappa shape index (κ3) is 4.50. The summed E-state index contributed by atoms with van der Waals surface area (Å²) in [5, 5.41) is 4.15. The molecule has 0 radical (unpaired) electrons. The number of hydrogen-bond donors (Lipinski definition) is 1. The fraction of sp³-hybridized carbons (Fsp3) is 0.474. The van der Waals surface area contributed by atoms with E-state index in [1.807, 2.05) is 6.92 Å². The van der Waals surface area contributed by atoms with Crippen LogP contribution in [0.5, 0.6) is 0 Å². The SMILES string of the molecule is Cc1c(C(=O)N2CCC(C(C)N)CC2)cnn1-c1cccc(C(F)(F)F)c1.Cl. The van der Waals surface area contributed by atoms with Crippen LogP contribution in [-0.4, -0.2) is 39.7 Å². The highest BCUT2D eigenvalue weighted by Crippen LogP contribution is 2.30. The molecule has 2 heterocycles. The van der Waals surface area contributed by atoms with Crippen molar-refractivity contribution in [3.8, 4) is 5.69 Å². The van der Waals surface area contributed by atoms with E-state index in [4.69, 9.17) is 5.73 Å². The van der Waals surface area contributed by atoms with E-state index in [1.165, 1.54) is 23.0 Å². The number of nitrogens with zero attached hydrogens (tertiary/aromatic N) is 3. The lowest BCUT2D eigenvalue weighted by molar-refractivity contribution is -0.137. The van der Waals surface area contributed by atoms with Crippen molar-refractivity contribution in [3.05, 3.63) is 47.3 Å². The van der Waals surface area contributed by atoms with E-state index in [-0.39, 0.29) is 30.0 Å². The molecule has 1 saturated heterocycles. The maximum atomic E-state index is 12.9. The summed E-state index contributed by atoms with van der Waals surface area (Å²) < 4.78 is 40.2. The second kappa shape index (κ2) is 8.53. The monoisotopic (exact) mass is 416 g/mol. The largest absolute Gasteiger partial charge is 0.416 e. The lowest BCUT2D eigenvalue weighted by Crippen LogP contribution is -2.42. The smallest absolute Gasteiger partial charge is 0.339 e. The fourth-order valence-electron chi connectivity index (χ4n) is 3.49. The highest BCUT2D eigenvalue weighted by molar-refractivity contribution is 5.95. The van der Waals surface area contributed by atoms with Crippen molar-refractivity contribution in [3.63, 3.8) is 0 Å². The van der Waals surface area contributed by atoms with E-state index in [0.717, 1.165) is 25.0 Å². The first-order chi connectivity index (χ1) is 12.7. The number of aromatic nitrogens is 2. The number of carbonyl (C=O) groups is 1. The third-order valence-corrected chi connectivity index (χ3v) is 5.23. The van der Waals surface area contributed by atoms with Crippen LogP contribution in [0.1, 0.15) is 41.4 Å². The van der Waals surface area contributed by atoms with Gasteiger partial charge in [-0.05, 0) is 50.8 Å². The first-order valence-electron chi connectivity index (χ1n) is 8.95. The first-order valence-corrected chi connectivity index (χ1v) is 8.95. The van der Waals surface area contributed by atoms with Crippen LogP contribution in [0, 0.1) is 12.8 Å². The zero-order valence-corrected chi connectivity index (χ0v) is 16.6. The maximum Gasteiger partial charge on any atom is 0.416 e. The summed E-state index contributed by atoms with van der Waals surface area (Å²) in [4.78, 5) is 14.6. The molecule has 154 valence electrons. The Morgan fingerprint density at radius 1 is 1.29 bits per heavy atom. The predicted octanol–water partition coefficient (Wildman–Crippen LogP) is 3.82. The standard InChI is InChI=1S/C19H23F3N4O.ClH/c1-12(23)14-6-8-25(9-7-14)18(27)17-11-24-26(13(17)2)16-5-3-4-15(10-16)19(20,21)22;/h3-5,10-12,14H,6-9,23H2,1-2H3;1H. The molecule has 9 heteroatoms. The van der Waals surface area contributed by atoms with Gasteiger partial charge >= 0.3 is 6.18 Å². The molecule has 1 aliphatic rings. The molecule has 0 saturated carbocycles. The minimum Gasteiger partial charge on any atom is -0.339 e. The van der Waals surface area contributed by atoms with Gasteiger partial charge in [0.25, 0.3) is 5.91 Å². The van der Waals surface area contributed by atoms with Crippen molar-refractivity contribution in [2.24, 2.45) is 11.7 Å². The van der Waals surface area contributed by atoms with Gasteiger partial charge in [0.2, 0.25) is 0 Å². The molecule has 5 nitrogen and oxygen atoms in total. The van der Waals surface area contributed by atoms with Gasteiger partial charge < -0.3 is 10.6 Å². The Balaban J connectivity index is 0.00000280. The molecule has 3 rings (SSSR count). The van der Waals surface area contributed by atoms with Crippen molar-refractivity contribution in [1.82, 2.24) is 14.7 Å². The number of rotatable bonds is 3. The summed E-state index contributed by atoms with van der Waals surface area (Å²) in [5.74, 6) is 0.261. The van der Waals surface area contributed by atoms with Crippen LogP contribution in [0.25, 0.3) is 5.69 Å². The molecule has 1 fully saturated rings. The number of halogens is 4. The molecule has 0 bridgehead atoms. The molecule has 1 aromatic carbocycles. The summed E-state index contributed by atoms with van der Waals surface area (Å²) in [6, 6.07) is 5.02. The Morgan fingerprint density at radius 3 is 2.50 bits per heavy atom. The molecule has 2 aromatic rings. The van der Waals surface area contributed by atoms with Gasteiger partial charge in [0.15, 0.2) is 0 Å². The quantitative estimate of drug-likeness (QED) is 0.827. The average Bonchev–Trinajstić information content (AvgIpc) is 3.02. The summed E-state index contributed by atoms with van der Waals surface area (Å²) in [6.07, 6.45) is -1.30. The second-order valence-corrected chi connectivity index (χ2v) is 7.09. The van der Waals surface area contributed by atoms with E-state index in [9.17, 15) is 18.0 Å². The van der Waals surface area contributed by atoms with Crippen LogP contribution >= 0.6 is 12.4 Å². The minimum atomic E-state index is -4.43. The number of benzene rings is 1. The molecule has 0 aliphatic carbocycles. The molecule has 1 aliphatic heterocycles. The number of alkyl halides is 3. The zero-order chi connectivity index (χ0) is 19.8. The van der Waals surface area contributed by atoms with E-state index in [0.29, 0.717) is 30.3 Å². The van der Waals surface area contributed by atoms with Crippen LogP contribution in [-0.2, 0) is 6.18 Å². The first kappa shape index (κ1) is 22.2. The van der Waals surface area contributed by atoms with Gasteiger partial charge in [-0.3, -0.25) is 4.79 Å². The van der Waals surface area contributed by atoms with E-state index in [1.54, 1.807) is 11.8 Å². The number of hydrogen-bond acceptors (Lipinski definition) is 3. The molecular formula is C19H24ClF3N4O. The number of nitrogens with two attached hydrogens (primary N) is 1. The van der Waals surface area contributed by atoms with Crippen LogP contribution < -0.4 is 5.73 Å². The van der Waals surface area contributed by atoms with Crippen molar-refractivity contribution in [2.45, 2.75) is 38.9 Å². The fourth-order valence-corrected chi connectivity index (χ4v) is 3.49. The van der Waals surface area contributed by atoms with Gasteiger partial charge in [0.1, 0.15) is 0 Å². The average molecular weight is 417 g/mol. The van der Waals surface area contributed by atoms with E-state index in [2.05, 4.69) is 5.10 Å². The van der Waals surface area contributed by atoms with Crippen LogP contribution in [0.2, 0.25) is 0 Å². The molecule has 0 spiro atoms. The number of piperidine rings is 1. The second-order valence-electron chi connectivity index (χ2n) is 7.09. The number of likely N-dealkylation sites (tertiary alicyclic amines) is 1. The van der Waals surface area contributed by atoms with Crippen molar-refractivity contribution >= 4 is 18.3 Å². The van der Waals surface area contributed by atoms with Gasteiger partial charge in [-0.2, -0.15) is 18.3 Å². The highest BCUT2D eigenvalue weighted by Gasteiger charge is 2.31.